The predicted molar refractivity (Wildman–Crippen MR) is 122 cm³/mol. The highest BCUT2D eigenvalue weighted by Gasteiger charge is 2.42. The zero-order valence-electron chi connectivity index (χ0n) is 19.4. The van der Waals surface area contributed by atoms with Gasteiger partial charge in [-0.05, 0) is 48.7 Å². The molecule has 166 valence electrons. The van der Waals surface area contributed by atoms with Crippen molar-refractivity contribution in [1.82, 2.24) is 4.90 Å². The van der Waals surface area contributed by atoms with Gasteiger partial charge in [0.15, 0.2) is 8.32 Å². The minimum Gasteiger partial charge on any atom is -0.410 e. The van der Waals surface area contributed by atoms with Gasteiger partial charge in [-0.3, -0.25) is 9.64 Å². The van der Waals surface area contributed by atoms with Gasteiger partial charge in [0.1, 0.15) is 5.82 Å². The molecular formula is C23H36FN3O2Si. The molecule has 1 N–H and O–H groups in total. The molecule has 1 aromatic carbocycles. The first-order chi connectivity index (χ1) is 13.7. The second kappa shape index (κ2) is 9.07. The third kappa shape index (κ3) is 6.29. The molecule has 0 atom stereocenters. The van der Waals surface area contributed by atoms with Gasteiger partial charge >= 0.3 is 0 Å². The summed E-state index contributed by atoms with van der Waals surface area (Å²) in [5, 5.41) is 3.17. The first-order valence-corrected chi connectivity index (χ1v) is 13.6. The maximum Gasteiger partial charge on any atom is 0.299 e. The van der Waals surface area contributed by atoms with Gasteiger partial charge in [-0.2, -0.15) is 0 Å². The van der Waals surface area contributed by atoms with E-state index < -0.39 is 14.0 Å². The van der Waals surface area contributed by atoms with E-state index in [0.717, 1.165) is 0 Å². The number of amides is 1. The molecule has 7 heteroatoms. The van der Waals surface area contributed by atoms with Crippen LogP contribution in [0.4, 0.5) is 10.1 Å². The second-order valence-electron chi connectivity index (χ2n) is 10.3. The normalized spacial score (nSPS) is 15.5. The van der Waals surface area contributed by atoms with E-state index in [-0.39, 0.29) is 22.9 Å². The molecular weight excluding hydrogens is 397 g/mol. The van der Waals surface area contributed by atoms with Crippen molar-refractivity contribution in [3.63, 3.8) is 0 Å². The van der Waals surface area contributed by atoms with Crippen molar-refractivity contribution in [2.24, 2.45) is 0 Å². The summed E-state index contributed by atoms with van der Waals surface area (Å²) in [4.78, 5) is 17.7. The number of anilines is 1. The van der Waals surface area contributed by atoms with Crippen LogP contribution in [0.15, 0.2) is 18.2 Å². The van der Waals surface area contributed by atoms with Gasteiger partial charge in [0.25, 0.3) is 5.66 Å². The van der Waals surface area contributed by atoms with Crippen LogP contribution in [0.3, 0.4) is 0 Å². The SMILES string of the molecule is [C-]#[N+]C(C)(C)Nc1ccc(CCCC(=O)N2CC(O[Si](C)(C)C(C)(C)C)C2)c(F)c1. The Hall–Kier alpha value is -1.91. The Morgan fingerprint density at radius 3 is 2.47 bits per heavy atom. The van der Waals surface area contributed by atoms with Gasteiger partial charge in [0.05, 0.1) is 6.10 Å². The molecule has 1 aliphatic heterocycles. The van der Waals surface area contributed by atoms with Crippen molar-refractivity contribution in [3.8, 4) is 0 Å². The summed E-state index contributed by atoms with van der Waals surface area (Å²) in [6.07, 6.45) is 1.69. The van der Waals surface area contributed by atoms with E-state index in [1.165, 1.54) is 6.07 Å². The average molecular weight is 434 g/mol. The topological polar surface area (TPSA) is 45.9 Å². The van der Waals surface area contributed by atoms with Crippen molar-refractivity contribution in [2.75, 3.05) is 18.4 Å². The van der Waals surface area contributed by atoms with E-state index >= 15 is 0 Å². The molecule has 30 heavy (non-hydrogen) atoms. The van der Waals surface area contributed by atoms with Crippen molar-refractivity contribution in [2.45, 2.75) is 83.8 Å². The second-order valence-corrected chi connectivity index (χ2v) is 15.0. The Morgan fingerprint density at radius 2 is 1.93 bits per heavy atom. The highest BCUT2D eigenvalue weighted by atomic mass is 28.4. The lowest BCUT2D eigenvalue weighted by Gasteiger charge is -2.46. The number of hydrogen-bond donors (Lipinski definition) is 1. The number of carbonyl (C=O) groups excluding carboxylic acids is 1. The molecule has 1 aliphatic rings. The fourth-order valence-corrected chi connectivity index (χ4v) is 4.44. The van der Waals surface area contributed by atoms with E-state index in [1.54, 1.807) is 26.0 Å². The number of benzene rings is 1. The van der Waals surface area contributed by atoms with Crippen LogP contribution in [-0.4, -0.2) is 44.0 Å². The Kier molecular flexibility index (Phi) is 7.36. The summed E-state index contributed by atoms with van der Waals surface area (Å²) in [7, 11) is -1.80. The molecule has 0 aromatic heterocycles. The molecule has 0 saturated carbocycles. The molecule has 1 saturated heterocycles. The molecule has 5 nitrogen and oxygen atoms in total. The van der Waals surface area contributed by atoms with Crippen LogP contribution in [0, 0.1) is 12.4 Å². The summed E-state index contributed by atoms with van der Waals surface area (Å²) in [5.74, 6) is -0.192. The van der Waals surface area contributed by atoms with E-state index in [0.29, 0.717) is 43.6 Å². The number of nitrogens with zero attached hydrogens (tertiary/aromatic N) is 2. The van der Waals surface area contributed by atoms with Crippen LogP contribution in [0.2, 0.25) is 18.1 Å². The van der Waals surface area contributed by atoms with Gasteiger partial charge < -0.3 is 14.6 Å². The van der Waals surface area contributed by atoms with Crippen molar-refractivity contribution >= 4 is 19.9 Å². The molecule has 0 aliphatic carbocycles. The van der Waals surface area contributed by atoms with E-state index in [1.807, 2.05) is 4.90 Å². The van der Waals surface area contributed by atoms with Gasteiger partial charge in [0, 0.05) is 39.0 Å². The maximum absolute atomic E-state index is 14.4. The number of aryl methyl sites for hydroxylation is 1. The molecule has 1 aromatic rings. The zero-order valence-corrected chi connectivity index (χ0v) is 20.4. The monoisotopic (exact) mass is 433 g/mol. The van der Waals surface area contributed by atoms with Gasteiger partial charge in [-0.15, -0.1) is 0 Å². The maximum atomic E-state index is 14.4. The molecule has 2 rings (SSSR count). The van der Waals surface area contributed by atoms with Gasteiger partial charge in [-0.25, -0.2) is 11.0 Å². The summed E-state index contributed by atoms with van der Waals surface area (Å²) >= 11 is 0. The van der Waals surface area contributed by atoms with Crippen LogP contribution >= 0.6 is 0 Å². The minimum absolute atomic E-state index is 0.114. The van der Waals surface area contributed by atoms with Crippen LogP contribution in [-0.2, 0) is 15.6 Å². The number of carbonyl (C=O) groups is 1. The van der Waals surface area contributed by atoms with Gasteiger partial charge in [-0.1, -0.05) is 26.8 Å². The fraction of sp³-hybridized carbons (Fsp3) is 0.652. The van der Waals surface area contributed by atoms with E-state index in [2.05, 4.69) is 44.0 Å². The molecule has 0 radical (unpaired) electrons. The average Bonchev–Trinajstić information content (AvgIpc) is 2.58. The third-order valence-corrected chi connectivity index (χ3v) is 10.6. The first-order valence-electron chi connectivity index (χ1n) is 10.6. The molecule has 0 unspecified atom stereocenters. The highest BCUT2D eigenvalue weighted by Crippen LogP contribution is 2.38. The number of rotatable bonds is 8. The minimum atomic E-state index is -1.80. The lowest BCUT2D eigenvalue weighted by Crippen LogP contribution is -2.59. The lowest BCUT2D eigenvalue weighted by atomic mass is 10.0. The lowest BCUT2D eigenvalue weighted by molar-refractivity contribution is -0.140. The Bertz CT molecular complexity index is 806. The zero-order chi connectivity index (χ0) is 22.7. The summed E-state index contributed by atoms with van der Waals surface area (Å²) in [6, 6.07) is 4.93. The highest BCUT2D eigenvalue weighted by molar-refractivity contribution is 6.74. The third-order valence-electron chi connectivity index (χ3n) is 6.09. The van der Waals surface area contributed by atoms with Crippen LogP contribution in [0.25, 0.3) is 4.85 Å². The smallest absolute Gasteiger partial charge is 0.299 e. The fourth-order valence-electron chi connectivity index (χ4n) is 3.11. The van der Waals surface area contributed by atoms with Crippen molar-refractivity contribution in [1.29, 1.82) is 0 Å². The summed E-state index contributed by atoms with van der Waals surface area (Å²) in [6.45, 7) is 23.1. The van der Waals surface area contributed by atoms with Gasteiger partial charge in [0.2, 0.25) is 5.91 Å². The summed E-state index contributed by atoms with van der Waals surface area (Å²) in [5.41, 5.74) is 0.405. The molecule has 1 fully saturated rings. The number of nitrogens with one attached hydrogen (secondary N) is 1. The standard InChI is InChI=1S/C23H36FN3O2Si/c1-22(2,3)30(7,8)29-19-15-27(16-19)21(28)11-9-10-17-12-13-18(14-20(17)24)26-23(4,5)25-6/h12-14,19,26H,9-11,15-16H2,1-5,7-8H3. The molecule has 0 bridgehead atoms. The van der Waals surface area contributed by atoms with E-state index in [9.17, 15) is 9.18 Å². The van der Waals surface area contributed by atoms with Crippen LogP contribution in [0.5, 0.6) is 0 Å². The number of likely N-dealkylation sites (tertiary alicyclic amines) is 1. The van der Waals surface area contributed by atoms with Crippen LogP contribution in [0.1, 0.15) is 53.0 Å². The van der Waals surface area contributed by atoms with Crippen molar-refractivity contribution < 1.29 is 13.6 Å². The Balaban J connectivity index is 1.76. The molecule has 1 amide bonds. The predicted octanol–water partition coefficient (Wildman–Crippen LogP) is 5.45. The largest absolute Gasteiger partial charge is 0.410 e. The van der Waals surface area contributed by atoms with Crippen molar-refractivity contribution in [3.05, 3.63) is 41.0 Å². The quantitative estimate of drug-likeness (QED) is 0.438. The van der Waals surface area contributed by atoms with E-state index in [4.69, 9.17) is 11.0 Å². The number of halogens is 1. The van der Waals surface area contributed by atoms with Crippen LogP contribution < -0.4 is 5.32 Å². The Morgan fingerprint density at radius 1 is 1.30 bits per heavy atom. The number of hydrogen-bond acceptors (Lipinski definition) is 3. The molecule has 1 heterocycles. The Labute approximate surface area is 181 Å². The first kappa shape index (κ1) is 24.4. The summed E-state index contributed by atoms with van der Waals surface area (Å²) < 4.78 is 20.7. The molecule has 0 spiro atoms.